The molecule has 2 heterocycles. The molecule has 1 aliphatic heterocycles. The Labute approximate surface area is 188 Å². The predicted molar refractivity (Wildman–Crippen MR) is 126 cm³/mol. The first kappa shape index (κ1) is 20.2. The van der Waals surface area contributed by atoms with Gasteiger partial charge in [0.05, 0.1) is 20.6 Å². The molecule has 0 bridgehead atoms. The normalized spacial score (nSPS) is 15.6. The fraction of sp³-hybridized carbons (Fsp3) is 0.0909. The minimum absolute atomic E-state index is 0.152. The van der Waals surface area contributed by atoms with E-state index < -0.39 is 0 Å². The van der Waals surface area contributed by atoms with Crippen molar-refractivity contribution in [2.45, 2.75) is 13.8 Å². The van der Waals surface area contributed by atoms with E-state index in [2.05, 4.69) is 0 Å². The van der Waals surface area contributed by atoms with Gasteiger partial charge in [-0.15, -0.1) is 0 Å². The first-order valence-corrected chi connectivity index (χ1v) is 10.7. The van der Waals surface area contributed by atoms with Gasteiger partial charge in [0, 0.05) is 11.6 Å². The molecule has 1 aromatic heterocycles. The van der Waals surface area contributed by atoms with Crippen LogP contribution in [0.5, 0.6) is 0 Å². The second kappa shape index (κ2) is 8.00. The first-order valence-electron chi connectivity index (χ1n) is 8.74. The standard InChI is InChI=1S/C22H15Cl2NO2S2/c1-12-3-4-13(2)18(9-12)25-21(26)20(29-22(25)28)11-15-6-8-19(27-15)14-5-7-16(23)17(24)10-14/h3-11H,1-2H3. The number of nitrogens with zero attached hydrogens (tertiary/aromatic N) is 1. The van der Waals surface area contributed by atoms with E-state index in [0.29, 0.717) is 30.8 Å². The number of benzene rings is 2. The molecule has 0 spiro atoms. The molecular formula is C22H15Cl2NO2S2. The van der Waals surface area contributed by atoms with Crippen LogP contribution in [-0.4, -0.2) is 10.2 Å². The van der Waals surface area contributed by atoms with Crippen molar-refractivity contribution < 1.29 is 9.21 Å². The first-order chi connectivity index (χ1) is 13.8. The maximum absolute atomic E-state index is 13.0. The number of furan rings is 1. The Kier molecular flexibility index (Phi) is 5.58. The van der Waals surface area contributed by atoms with Crippen molar-refractivity contribution in [3.8, 4) is 11.3 Å². The number of carbonyl (C=O) groups excluding carboxylic acids is 1. The molecule has 0 atom stereocenters. The van der Waals surface area contributed by atoms with Crippen molar-refractivity contribution in [3.05, 3.63) is 80.4 Å². The van der Waals surface area contributed by atoms with Crippen LogP contribution in [0.25, 0.3) is 17.4 Å². The Hall–Kier alpha value is -2.05. The summed E-state index contributed by atoms with van der Waals surface area (Å²) in [6.07, 6.45) is 1.71. The minimum Gasteiger partial charge on any atom is -0.457 e. The largest absolute Gasteiger partial charge is 0.457 e. The Morgan fingerprint density at radius 3 is 2.59 bits per heavy atom. The number of thiocarbonyl (C=S) groups is 1. The van der Waals surface area contributed by atoms with Crippen LogP contribution in [0.3, 0.4) is 0 Å². The van der Waals surface area contributed by atoms with Crippen LogP contribution in [0, 0.1) is 13.8 Å². The quantitative estimate of drug-likeness (QED) is 0.304. The van der Waals surface area contributed by atoms with Crippen LogP contribution in [0.2, 0.25) is 10.0 Å². The molecule has 0 aliphatic carbocycles. The third-order valence-corrected chi connectivity index (χ3v) is 6.54. The van der Waals surface area contributed by atoms with Gasteiger partial charge in [-0.25, -0.2) is 0 Å². The van der Waals surface area contributed by atoms with Crippen molar-refractivity contribution in [2.75, 3.05) is 4.90 Å². The van der Waals surface area contributed by atoms with Gasteiger partial charge in [0.15, 0.2) is 4.32 Å². The summed E-state index contributed by atoms with van der Waals surface area (Å²) in [7, 11) is 0. The van der Waals surface area contributed by atoms with Gasteiger partial charge in [0.2, 0.25) is 0 Å². The van der Waals surface area contributed by atoms with Crippen LogP contribution in [-0.2, 0) is 4.79 Å². The van der Waals surface area contributed by atoms with E-state index in [4.69, 9.17) is 39.8 Å². The van der Waals surface area contributed by atoms with E-state index >= 15 is 0 Å². The molecule has 2 aromatic carbocycles. The Balaban J connectivity index is 1.63. The number of hydrogen-bond acceptors (Lipinski definition) is 4. The highest BCUT2D eigenvalue weighted by Gasteiger charge is 2.34. The topological polar surface area (TPSA) is 33.5 Å². The van der Waals surface area contributed by atoms with E-state index in [1.807, 2.05) is 50.2 Å². The summed E-state index contributed by atoms with van der Waals surface area (Å²) in [5.74, 6) is 1.05. The molecule has 4 rings (SSSR count). The van der Waals surface area contributed by atoms with Gasteiger partial charge in [0.25, 0.3) is 5.91 Å². The zero-order valence-electron chi connectivity index (χ0n) is 15.5. The number of halogens is 2. The lowest BCUT2D eigenvalue weighted by Crippen LogP contribution is -2.28. The number of rotatable bonds is 3. The summed E-state index contributed by atoms with van der Waals surface area (Å²) in [5, 5.41) is 0.939. The smallest absolute Gasteiger partial charge is 0.270 e. The minimum atomic E-state index is -0.152. The van der Waals surface area contributed by atoms with Gasteiger partial charge in [-0.1, -0.05) is 59.3 Å². The number of amides is 1. The summed E-state index contributed by atoms with van der Waals surface area (Å²) in [6, 6.07) is 14.9. The molecule has 1 aliphatic rings. The lowest BCUT2D eigenvalue weighted by Gasteiger charge is -2.17. The molecule has 146 valence electrons. The monoisotopic (exact) mass is 459 g/mol. The molecule has 1 amide bonds. The fourth-order valence-corrected chi connectivity index (χ4v) is 4.56. The van der Waals surface area contributed by atoms with E-state index in [1.54, 1.807) is 23.1 Å². The van der Waals surface area contributed by atoms with Crippen LogP contribution in [0.15, 0.2) is 57.9 Å². The SMILES string of the molecule is Cc1ccc(C)c(N2C(=O)C(=Cc3ccc(-c4ccc(Cl)c(Cl)c4)o3)SC2=S)c1. The van der Waals surface area contributed by atoms with Gasteiger partial charge < -0.3 is 4.42 Å². The molecule has 0 saturated carbocycles. The second-order valence-corrected chi connectivity index (χ2v) is 9.13. The van der Waals surface area contributed by atoms with E-state index in [0.717, 1.165) is 22.4 Å². The predicted octanol–water partition coefficient (Wildman–Crippen LogP) is 7.28. The lowest BCUT2D eigenvalue weighted by atomic mass is 10.1. The number of anilines is 1. The maximum Gasteiger partial charge on any atom is 0.270 e. The third kappa shape index (κ3) is 4.01. The summed E-state index contributed by atoms with van der Waals surface area (Å²) in [6.45, 7) is 3.96. The zero-order valence-corrected chi connectivity index (χ0v) is 18.7. The van der Waals surface area contributed by atoms with Gasteiger partial charge in [0.1, 0.15) is 11.5 Å². The third-order valence-electron chi connectivity index (χ3n) is 4.50. The molecule has 1 saturated heterocycles. The van der Waals surface area contributed by atoms with Crippen LogP contribution in [0.4, 0.5) is 5.69 Å². The molecule has 7 heteroatoms. The highest BCUT2D eigenvalue weighted by atomic mass is 35.5. The van der Waals surface area contributed by atoms with Crippen LogP contribution >= 0.6 is 47.2 Å². The van der Waals surface area contributed by atoms with Gasteiger partial charge in [-0.3, -0.25) is 9.69 Å². The van der Waals surface area contributed by atoms with Crippen molar-refractivity contribution in [3.63, 3.8) is 0 Å². The molecule has 0 N–H and O–H groups in total. The molecule has 1 fully saturated rings. The van der Waals surface area contributed by atoms with Crippen molar-refractivity contribution in [1.29, 1.82) is 0 Å². The molecule has 0 unspecified atom stereocenters. The van der Waals surface area contributed by atoms with Crippen LogP contribution < -0.4 is 4.90 Å². The molecular weight excluding hydrogens is 445 g/mol. The Morgan fingerprint density at radius 1 is 1.03 bits per heavy atom. The molecule has 29 heavy (non-hydrogen) atoms. The maximum atomic E-state index is 13.0. The van der Waals surface area contributed by atoms with Crippen molar-refractivity contribution >= 4 is 69.2 Å². The zero-order chi connectivity index (χ0) is 20.7. The highest BCUT2D eigenvalue weighted by Crippen LogP contribution is 2.38. The van der Waals surface area contributed by atoms with Crippen LogP contribution in [0.1, 0.15) is 16.9 Å². The van der Waals surface area contributed by atoms with Crippen molar-refractivity contribution in [1.82, 2.24) is 0 Å². The van der Waals surface area contributed by atoms with E-state index in [1.165, 1.54) is 11.8 Å². The second-order valence-electron chi connectivity index (χ2n) is 6.64. The van der Waals surface area contributed by atoms with Gasteiger partial charge in [-0.05, 0) is 61.4 Å². The van der Waals surface area contributed by atoms with E-state index in [9.17, 15) is 4.79 Å². The number of thioether (sulfide) groups is 1. The Morgan fingerprint density at radius 2 is 1.83 bits per heavy atom. The Bertz CT molecular complexity index is 1180. The van der Waals surface area contributed by atoms with Crippen molar-refractivity contribution in [2.24, 2.45) is 0 Å². The lowest BCUT2D eigenvalue weighted by molar-refractivity contribution is -0.113. The fourth-order valence-electron chi connectivity index (χ4n) is 3.00. The molecule has 3 nitrogen and oxygen atoms in total. The summed E-state index contributed by atoms with van der Waals surface area (Å²) >= 11 is 18.8. The summed E-state index contributed by atoms with van der Waals surface area (Å²) in [5.41, 5.74) is 3.68. The van der Waals surface area contributed by atoms with E-state index in [-0.39, 0.29) is 5.91 Å². The number of hydrogen-bond donors (Lipinski definition) is 0. The molecule has 3 aromatic rings. The summed E-state index contributed by atoms with van der Waals surface area (Å²) < 4.78 is 6.39. The van der Waals surface area contributed by atoms with Gasteiger partial charge >= 0.3 is 0 Å². The number of carbonyl (C=O) groups is 1. The highest BCUT2D eigenvalue weighted by molar-refractivity contribution is 8.27. The summed E-state index contributed by atoms with van der Waals surface area (Å²) in [4.78, 5) is 15.1. The number of aryl methyl sites for hydroxylation is 2. The molecule has 0 radical (unpaired) electrons. The average Bonchev–Trinajstić information content (AvgIpc) is 3.25. The average molecular weight is 460 g/mol. The van der Waals surface area contributed by atoms with Gasteiger partial charge in [-0.2, -0.15) is 0 Å².